The Morgan fingerprint density at radius 1 is 1.14 bits per heavy atom. The molecule has 2 aromatic rings. The fourth-order valence-electron chi connectivity index (χ4n) is 9.60. The molecule has 5 aliphatic rings. The number of allylic oxidation sites excluding steroid dienone is 4. The summed E-state index contributed by atoms with van der Waals surface area (Å²) in [5.41, 5.74) is 7.86. The first-order valence-electron chi connectivity index (χ1n) is 15.3. The van der Waals surface area contributed by atoms with Gasteiger partial charge in [-0.3, -0.25) is 9.59 Å². The van der Waals surface area contributed by atoms with Gasteiger partial charge in [0.15, 0.2) is 23.5 Å². The molecule has 1 saturated heterocycles. The Balaban J connectivity index is 1.22. The van der Waals surface area contributed by atoms with E-state index >= 15 is 0 Å². The Morgan fingerprint density at radius 3 is 2.63 bits per heavy atom. The quantitative estimate of drug-likeness (QED) is 0.435. The summed E-state index contributed by atoms with van der Waals surface area (Å²) in [5.74, 6) is -0.309. The van der Waals surface area contributed by atoms with Crippen molar-refractivity contribution in [3.8, 4) is 0 Å². The third-order valence-corrected chi connectivity index (χ3v) is 11.6. The highest BCUT2D eigenvalue weighted by atomic mass is 16.7. The lowest BCUT2D eigenvalue weighted by Gasteiger charge is -2.59. The van der Waals surface area contributed by atoms with Gasteiger partial charge in [0.1, 0.15) is 6.61 Å². The van der Waals surface area contributed by atoms with Crippen LogP contribution in [0.1, 0.15) is 51.4 Å². The van der Waals surface area contributed by atoms with Gasteiger partial charge in [0.25, 0.3) is 0 Å². The molecule has 3 saturated carbocycles. The number of ketones is 2. The molecule has 2 aromatic carbocycles. The number of benzene rings is 2. The third kappa shape index (κ3) is 3.96. The number of aliphatic hydroxyl groups excluding tert-OH is 2. The summed E-state index contributed by atoms with van der Waals surface area (Å²) in [6, 6.07) is 15.5. The second kappa shape index (κ2) is 9.86. The Labute approximate surface area is 252 Å². The van der Waals surface area contributed by atoms with E-state index in [1.807, 2.05) is 73.5 Å². The van der Waals surface area contributed by atoms with Crippen molar-refractivity contribution >= 4 is 28.6 Å². The molecule has 43 heavy (non-hydrogen) atoms. The minimum Gasteiger partial charge on any atom is -0.399 e. The number of aliphatic hydroxyl groups is 2. The SMILES string of the molecule is CN(c1cccc(N)c1)c1cccc([C@@H]2O[C@@H]3C[C@H]4[C@@H]5CCC6=CC(=O)C=C[C@]6(C)[C@H]5[C@@H](O)C[C@]4(C)[C@]3(C(=O)CO)O2)c1. The molecule has 9 atom stereocenters. The molecule has 0 spiro atoms. The maximum absolute atomic E-state index is 13.8. The Bertz CT molecular complexity index is 1550. The number of hydrogen-bond acceptors (Lipinski definition) is 8. The number of Topliss-reactive ketones (excluding diaryl/α,β-unsaturated/α-hetero) is 1. The molecule has 1 aliphatic heterocycles. The molecule has 226 valence electrons. The minimum atomic E-state index is -1.38. The van der Waals surface area contributed by atoms with Crippen molar-refractivity contribution in [3.05, 3.63) is 77.9 Å². The van der Waals surface area contributed by atoms with E-state index in [2.05, 4.69) is 6.92 Å². The van der Waals surface area contributed by atoms with Crippen LogP contribution in [-0.2, 0) is 19.1 Å². The van der Waals surface area contributed by atoms with Gasteiger partial charge in [-0.1, -0.05) is 43.7 Å². The van der Waals surface area contributed by atoms with Crippen molar-refractivity contribution < 1.29 is 29.3 Å². The standard InChI is InChI=1S/C35H40N2O6/c1-33-13-12-25(39)15-21(33)10-11-26-27-17-30-35(29(41)19-38,34(27,2)18-28(40)31(26)33)43-32(42-30)20-6-4-8-23(14-20)37(3)24-9-5-7-22(36)16-24/h4-9,12-16,26-28,30-32,38,40H,10-11,17-19,36H2,1-3H3/t26-,27-,28-,30+,31+,32+,33-,34-,35+/m0/s1. The van der Waals surface area contributed by atoms with Gasteiger partial charge in [0, 0.05) is 46.4 Å². The summed E-state index contributed by atoms with van der Waals surface area (Å²) in [5, 5.41) is 22.1. The normalized spacial score (nSPS) is 39.4. The molecule has 0 radical (unpaired) electrons. The van der Waals surface area contributed by atoms with Crippen molar-refractivity contribution in [2.24, 2.45) is 28.6 Å². The fraction of sp³-hybridized carbons (Fsp3) is 0.486. The smallest absolute Gasteiger partial charge is 0.193 e. The second-order valence-corrected chi connectivity index (χ2v) is 13.6. The van der Waals surface area contributed by atoms with E-state index in [1.165, 1.54) is 0 Å². The van der Waals surface area contributed by atoms with Gasteiger partial charge in [-0.05, 0) is 80.0 Å². The number of nitrogens with two attached hydrogens (primary N) is 1. The molecule has 0 unspecified atom stereocenters. The van der Waals surface area contributed by atoms with Crippen LogP contribution < -0.4 is 10.6 Å². The summed E-state index contributed by atoms with van der Waals surface area (Å²) in [6.07, 6.45) is 5.83. The zero-order valence-electron chi connectivity index (χ0n) is 24.9. The van der Waals surface area contributed by atoms with Gasteiger partial charge in [0.05, 0.1) is 12.2 Å². The van der Waals surface area contributed by atoms with Crippen LogP contribution in [0.5, 0.6) is 0 Å². The Hall–Kier alpha value is -3.30. The lowest BCUT2D eigenvalue weighted by molar-refractivity contribution is -0.201. The number of hydrogen-bond donors (Lipinski definition) is 3. The summed E-state index contributed by atoms with van der Waals surface area (Å²) in [7, 11) is 1.96. The van der Waals surface area contributed by atoms with Crippen LogP contribution in [0.2, 0.25) is 0 Å². The largest absolute Gasteiger partial charge is 0.399 e. The van der Waals surface area contributed by atoms with E-state index in [4.69, 9.17) is 15.2 Å². The summed E-state index contributed by atoms with van der Waals surface area (Å²) < 4.78 is 13.4. The van der Waals surface area contributed by atoms with Crippen LogP contribution in [0.4, 0.5) is 17.1 Å². The number of fused-ring (bicyclic) bond motifs is 7. The van der Waals surface area contributed by atoms with Gasteiger partial charge in [-0.25, -0.2) is 0 Å². The van der Waals surface area contributed by atoms with Gasteiger partial charge in [-0.2, -0.15) is 0 Å². The van der Waals surface area contributed by atoms with E-state index in [1.54, 1.807) is 12.2 Å². The molecule has 7 rings (SSSR count). The van der Waals surface area contributed by atoms with Gasteiger partial charge in [0.2, 0.25) is 0 Å². The molecular weight excluding hydrogens is 544 g/mol. The Kier molecular flexibility index (Phi) is 6.53. The van der Waals surface area contributed by atoms with Crippen LogP contribution in [0.3, 0.4) is 0 Å². The summed E-state index contributed by atoms with van der Waals surface area (Å²) in [6.45, 7) is 3.52. The van der Waals surface area contributed by atoms with Crippen LogP contribution in [0.15, 0.2) is 72.3 Å². The molecule has 0 amide bonds. The first-order chi connectivity index (χ1) is 20.5. The minimum absolute atomic E-state index is 0.0000367. The predicted octanol–water partition coefficient (Wildman–Crippen LogP) is 4.64. The fourth-order valence-corrected chi connectivity index (χ4v) is 9.60. The number of anilines is 3. The lowest BCUT2D eigenvalue weighted by atomic mass is 9.46. The summed E-state index contributed by atoms with van der Waals surface area (Å²) >= 11 is 0. The number of nitrogens with zero attached hydrogens (tertiary/aromatic N) is 1. The van der Waals surface area contributed by atoms with E-state index in [0.29, 0.717) is 18.5 Å². The van der Waals surface area contributed by atoms with E-state index in [9.17, 15) is 19.8 Å². The van der Waals surface area contributed by atoms with Gasteiger partial charge >= 0.3 is 0 Å². The molecule has 0 bridgehead atoms. The average Bonchev–Trinajstić information content (AvgIpc) is 3.49. The first kappa shape index (κ1) is 28.5. The lowest BCUT2D eigenvalue weighted by Crippen LogP contribution is -2.63. The van der Waals surface area contributed by atoms with E-state index < -0.39 is 47.3 Å². The van der Waals surface area contributed by atoms with E-state index in [0.717, 1.165) is 35.4 Å². The zero-order valence-corrected chi connectivity index (χ0v) is 24.9. The maximum Gasteiger partial charge on any atom is 0.193 e. The van der Waals surface area contributed by atoms with Crippen molar-refractivity contribution in [3.63, 3.8) is 0 Å². The molecule has 8 heteroatoms. The first-order valence-corrected chi connectivity index (χ1v) is 15.3. The van der Waals surface area contributed by atoms with Gasteiger partial charge in [-0.15, -0.1) is 0 Å². The topological polar surface area (TPSA) is 122 Å². The molecule has 0 aromatic heterocycles. The molecule has 4 N–H and O–H groups in total. The van der Waals surface area contributed by atoms with Crippen molar-refractivity contribution in [2.75, 3.05) is 24.3 Å². The molecule has 4 aliphatic carbocycles. The number of carbonyl (C=O) groups excluding carboxylic acids is 2. The Morgan fingerprint density at radius 2 is 1.88 bits per heavy atom. The molecule has 4 fully saturated rings. The van der Waals surface area contributed by atoms with Crippen LogP contribution in [0, 0.1) is 28.6 Å². The maximum atomic E-state index is 13.8. The van der Waals surface area contributed by atoms with E-state index in [-0.39, 0.29) is 23.5 Å². The van der Waals surface area contributed by atoms with Crippen molar-refractivity contribution in [1.82, 2.24) is 0 Å². The highest BCUT2D eigenvalue weighted by Crippen LogP contribution is 2.70. The monoisotopic (exact) mass is 584 g/mol. The van der Waals surface area contributed by atoms with Crippen LogP contribution in [0.25, 0.3) is 0 Å². The summed E-state index contributed by atoms with van der Waals surface area (Å²) in [4.78, 5) is 28.0. The third-order valence-electron chi connectivity index (χ3n) is 11.6. The molecular formula is C35H40N2O6. The van der Waals surface area contributed by atoms with Crippen molar-refractivity contribution in [2.45, 2.75) is 63.6 Å². The predicted molar refractivity (Wildman–Crippen MR) is 162 cm³/mol. The molecule has 8 nitrogen and oxygen atoms in total. The van der Waals surface area contributed by atoms with Crippen molar-refractivity contribution in [1.29, 1.82) is 0 Å². The number of carbonyl (C=O) groups is 2. The zero-order chi connectivity index (χ0) is 30.3. The highest BCUT2D eigenvalue weighted by Gasteiger charge is 2.75. The number of nitrogen functional groups attached to an aromatic ring is 1. The number of ether oxygens (including phenoxy) is 2. The average molecular weight is 585 g/mol. The number of rotatable bonds is 5. The van der Waals surface area contributed by atoms with Gasteiger partial charge < -0.3 is 30.3 Å². The van der Waals surface area contributed by atoms with Crippen LogP contribution >= 0.6 is 0 Å². The highest BCUT2D eigenvalue weighted by molar-refractivity contribution is 6.01. The van der Waals surface area contributed by atoms with Crippen LogP contribution in [-0.4, -0.2) is 53.2 Å². The molecule has 1 heterocycles. The second-order valence-electron chi connectivity index (χ2n) is 13.6.